The molecule has 2 aliphatic carbocycles. The van der Waals surface area contributed by atoms with E-state index in [1.165, 1.54) is 11.1 Å². The first-order chi connectivity index (χ1) is 10.7. The summed E-state index contributed by atoms with van der Waals surface area (Å²) in [5.74, 6) is 0. The van der Waals surface area contributed by atoms with Gasteiger partial charge in [0.1, 0.15) is 0 Å². The van der Waals surface area contributed by atoms with Crippen LogP contribution >= 0.6 is 0 Å². The van der Waals surface area contributed by atoms with Gasteiger partial charge in [-0.05, 0) is 0 Å². The Balaban J connectivity index is 1.84. The molecule has 0 amide bonds. The molecule has 0 N–H and O–H groups in total. The fourth-order valence-electron chi connectivity index (χ4n) is 4.14. The molecule has 0 aromatic heterocycles. The van der Waals surface area contributed by atoms with Crippen LogP contribution in [0.3, 0.4) is 0 Å². The van der Waals surface area contributed by atoms with E-state index in [-0.39, 0.29) is 0 Å². The first-order valence-electron chi connectivity index (χ1n) is 8.09. The van der Waals surface area contributed by atoms with Crippen LogP contribution in [0.4, 0.5) is 0 Å². The van der Waals surface area contributed by atoms with Gasteiger partial charge in [0, 0.05) is 0 Å². The average molecular weight is 365 g/mol. The molecule has 0 saturated heterocycles. The Hall–Kier alpha value is -1.33. The molecule has 2 aromatic carbocycles. The molecule has 4 rings (SSSR count). The predicted molar refractivity (Wildman–Crippen MR) is 94.0 cm³/mol. The van der Waals surface area contributed by atoms with Gasteiger partial charge in [-0.15, -0.1) is 0 Å². The van der Waals surface area contributed by atoms with Crippen molar-refractivity contribution >= 4 is 15.9 Å². The number of rotatable bonds is 2. The normalized spacial score (nSPS) is 23.9. The van der Waals surface area contributed by atoms with E-state index in [2.05, 4.69) is 88.1 Å². The molecule has 0 saturated carbocycles. The zero-order valence-corrected chi connectivity index (χ0v) is 15.6. The minimum absolute atomic E-state index is 0.649. The molecule has 0 aliphatic heterocycles. The van der Waals surface area contributed by atoms with Crippen LogP contribution in [0.2, 0.25) is 4.63 Å². The first kappa shape index (κ1) is 14.3. The molecule has 0 nitrogen and oxygen atoms in total. The maximum absolute atomic E-state index is 2.61. The molecule has 2 aromatic rings. The molecular weight excluding hydrogens is 343 g/mol. The van der Waals surface area contributed by atoms with E-state index in [4.69, 9.17) is 0 Å². The van der Waals surface area contributed by atoms with Gasteiger partial charge in [0.05, 0.1) is 0 Å². The molecule has 0 spiro atoms. The van der Waals surface area contributed by atoms with Crippen molar-refractivity contribution in [2.24, 2.45) is 0 Å². The van der Waals surface area contributed by atoms with Gasteiger partial charge in [-0.25, -0.2) is 0 Å². The van der Waals surface area contributed by atoms with E-state index >= 15 is 0 Å². The monoisotopic (exact) mass is 363 g/mol. The molecule has 2 atom stereocenters. The van der Waals surface area contributed by atoms with Gasteiger partial charge < -0.3 is 0 Å². The van der Waals surface area contributed by atoms with E-state index < -0.39 is 19.8 Å². The number of allylic oxidation sites excluding steroid dienone is 2. The summed E-state index contributed by atoms with van der Waals surface area (Å²) in [5, 5.41) is 0. The van der Waals surface area contributed by atoms with Crippen LogP contribution in [0, 0.1) is 0 Å². The van der Waals surface area contributed by atoms with Crippen molar-refractivity contribution in [3.05, 3.63) is 82.9 Å². The quantitative estimate of drug-likeness (QED) is 0.655. The molecule has 2 aliphatic rings. The fraction of sp³-hybridized carbons (Fsp3) is 0.190. The van der Waals surface area contributed by atoms with Crippen LogP contribution in [0.1, 0.15) is 36.4 Å². The Morgan fingerprint density at radius 1 is 0.773 bits per heavy atom. The minimum atomic E-state index is -2.55. The molecular formula is C21H21Zr. The number of hydrogen-bond acceptors (Lipinski definition) is 0. The standard InChI is InChI=1S/2C9H7.C2H4.CH3.Zr/c2*1-2-5-9-7-3-6-8(9)4-1;1-2;;/h2*1-7H;1H,2H3;1H3;. The summed E-state index contributed by atoms with van der Waals surface area (Å²) < 4.78 is 6.53. The van der Waals surface area contributed by atoms with Crippen molar-refractivity contribution in [2.45, 2.75) is 18.8 Å². The number of fused-ring (bicyclic) bond motifs is 2. The van der Waals surface area contributed by atoms with Crippen molar-refractivity contribution in [2.75, 3.05) is 0 Å². The van der Waals surface area contributed by atoms with Crippen LogP contribution in [0.15, 0.2) is 60.7 Å². The Kier molecular flexibility index (Phi) is 3.50. The van der Waals surface area contributed by atoms with Gasteiger partial charge in [0.25, 0.3) is 0 Å². The second-order valence-corrected chi connectivity index (χ2v) is 17.8. The van der Waals surface area contributed by atoms with Crippen molar-refractivity contribution in [1.82, 2.24) is 0 Å². The van der Waals surface area contributed by atoms with Crippen molar-refractivity contribution < 1.29 is 19.8 Å². The van der Waals surface area contributed by atoms with Gasteiger partial charge in [-0.2, -0.15) is 0 Å². The van der Waals surface area contributed by atoms with E-state index in [9.17, 15) is 0 Å². The van der Waals surface area contributed by atoms with Gasteiger partial charge in [-0.3, -0.25) is 0 Å². The number of hydrogen-bond donors (Lipinski definition) is 0. The van der Waals surface area contributed by atoms with Crippen LogP contribution < -0.4 is 0 Å². The van der Waals surface area contributed by atoms with Crippen molar-refractivity contribution in [3.8, 4) is 0 Å². The van der Waals surface area contributed by atoms with Gasteiger partial charge in [0.15, 0.2) is 0 Å². The summed E-state index contributed by atoms with van der Waals surface area (Å²) in [6.45, 7) is 2.31. The zero-order chi connectivity index (χ0) is 15.2. The molecule has 0 radical (unpaired) electrons. The second-order valence-electron chi connectivity index (χ2n) is 6.59. The first-order valence-corrected chi connectivity index (χ1v) is 14.8. The molecule has 22 heavy (non-hydrogen) atoms. The third kappa shape index (κ3) is 2.02. The second kappa shape index (κ2) is 5.39. The Bertz CT molecular complexity index is 773. The van der Waals surface area contributed by atoms with Crippen molar-refractivity contribution in [3.63, 3.8) is 0 Å². The van der Waals surface area contributed by atoms with Crippen LogP contribution in [0.25, 0.3) is 12.2 Å². The third-order valence-electron chi connectivity index (χ3n) is 5.56. The Morgan fingerprint density at radius 2 is 1.23 bits per heavy atom. The topological polar surface area (TPSA) is 0 Å². The summed E-state index contributed by atoms with van der Waals surface area (Å²) in [5.41, 5.74) is 5.95. The zero-order valence-electron chi connectivity index (χ0n) is 13.2. The molecule has 2 unspecified atom stereocenters. The Labute approximate surface area is 137 Å². The van der Waals surface area contributed by atoms with Crippen LogP contribution in [-0.4, -0.2) is 3.71 Å². The SMILES string of the molecule is C[CH]=[Zr]([CH3])([CH]1C=Cc2ccccc21)[CH]1C=Cc2ccccc21. The number of benzene rings is 2. The van der Waals surface area contributed by atoms with E-state index in [1.54, 1.807) is 11.1 Å². The molecule has 0 fully saturated rings. The maximum atomic E-state index is 2.61. The third-order valence-corrected chi connectivity index (χ3v) is 17.7. The molecule has 0 heterocycles. The van der Waals surface area contributed by atoms with Gasteiger partial charge >= 0.3 is 137 Å². The van der Waals surface area contributed by atoms with Gasteiger partial charge in [-0.1, -0.05) is 0 Å². The fourth-order valence-corrected chi connectivity index (χ4v) is 14.0. The van der Waals surface area contributed by atoms with Crippen LogP contribution in [-0.2, 0) is 19.8 Å². The predicted octanol–water partition coefficient (Wildman–Crippen LogP) is 5.55. The summed E-state index contributed by atoms with van der Waals surface area (Å²) in [7, 11) is 0. The summed E-state index contributed by atoms with van der Waals surface area (Å²) in [6.07, 6.45) is 9.64. The van der Waals surface area contributed by atoms with Gasteiger partial charge in [0.2, 0.25) is 0 Å². The van der Waals surface area contributed by atoms with E-state index in [1.807, 2.05) is 0 Å². The van der Waals surface area contributed by atoms with Crippen LogP contribution in [0.5, 0.6) is 0 Å². The molecule has 0 bridgehead atoms. The average Bonchev–Trinajstić information content (AvgIpc) is 3.19. The summed E-state index contributed by atoms with van der Waals surface area (Å²) >= 11 is -2.55. The summed E-state index contributed by atoms with van der Waals surface area (Å²) in [4.78, 5) is 0. The molecule has 1 heteroatoms. The summed E-state index contributed by atoms with van der Waals surface area (Å²) in [6, 6.07) is 17.9. The Morgan fingerprint density at radius 3 is 1.68 bits per heavy atom. The van der Waals surface area contributed by atoms with E-state index in [0.29, 0.717) is 7.25 Å². The van der Waals surface area contributed by atoms with Crippen molar-refractivity contribution in [1.29, 1.82) is 0 Å². The van der Waals surface area contributed by atoms with E-state index in [0.717, 1.165) is 0 Å². The molecule has 109 valence electrons.